The van der Waals surface area contributed by atoms with Crippen molar-refractivity contribution in [1.29, 1.82) is 0 Å². The van der Waals surface area contributed by atoms with Crippen molar-refractivity contribution in [3.05, 3.63) is 28.2 Å². The summed E-state index contributed by atoms with van der Waals surface area (Å²) in [5, 5.41) is 0. The van der Waals surface area contributed by atoms with Gasteiger partial charge >= 0.3 is 0 Å². The number of carbonyl (C=O) groups is 1. The third-order valence-corrected chi connectivity index (χ3v) is 3.65. The van der Waals surface area contributed by atoms with E-state index in [1.54, 1.807) is 17.0 Å². The first-order valence-corrected chi connectivity index (χ1v) is 6.67. The molecule has 3 nitrogen and oxygen atoms in total. The van der Waals surface area contributed by atoms with Gasteiger partial charge in [0.2, 0.25) is 0 Å². The van der Waals surface area contributed by atoms with E-state index in [4.69, 9.17) is 5.73 Å². The normalized spacial score (nSPS) is 14.7. The Morgan fingerprint density at radius 3 is 2.82 bits per heavy atom. The van der Waals surface area contributed by atoms with Crippen molar-refractivity contribution in [3.63, 3.8) is 0 Å². The predicted octanol–water partition coefficient (Wildman–Crippen LogP) is 2.90. The van der Waals surface area contributed by atoms with Crippen LogP contribution in [-0.2, 0) is 0 Å². The van der Waals surface area contributed by atoms with Crippen LogP contribution in [0.5, 0.6) is 0 Å². The second kappa shape index (κ2) is 5.08. The summed E-state index contributed by atoms with van der Waals surface area (Å²) in [5.74, 6) is 0.850. The molecule has 1 amide bonds. The van der Waals surface area contributed by atoms with E-state index in [-0.39, 0.29) is 5.91 Å². The zero-order valence-corrected chi connectivity index (χ0v) is 11.5. The fourth-order valence-corrected chi connectivity index (χ4v) is 2.20. The Labute approximate surface area is 110 Å². The lowest BCUT2D eigenvalue weighted by molar-refractivity contribution is 0.0792. The van der Waals surface area contributed by atoms with E-state index in [0.717, 1.165) is 23.4 Å². The number of nitrogen functional groups attached to an aromatic ring is 1. The average Bonchev–Trinajstić information content (AvgIpc) is 3.09. The van der Waals surface area contributed by atoms with E-state index in [1.165, 1.54) is 12.8 Å². The van der Waals surface area contributed by atoms with Crippen molar-refractivity contribution in [2.45, 2.75) is 19.3 Å². The molecule has 1 aliphatic rings. The van der Waals surface area contributed by atoms with Gasteiger partial charge in [-0.1, -0.05) is 28.8 Å². The highest BCUT2D eigenvalue weighted by molar-refractivity contribution is 9.10. The highest BCUT2D eigenvalue weighted by atomic mass is 79.9. The average molecular weight is 297 g/mol. The lowest BCUT2D eigenvalue weighted by Gasteiger charge is -2.18. The Morgan fingerprint density at radius 2 is 2.24 bits per heavy atom. The fraction of sp³-hybridized carbons (Fsp3) is 0.462. The first-order chi connectivity index (χ1) is 8.08. The van der Waals surface area contributed by atoms with Gasteiger partial charge in [0.05, 0.1) is 5.56 Å². The zero-order chi connectivity index (χ0) is 12.4. The Bertz CT molecular complexity index is 429. The molecule has 1 saturated carbocycles. The summed E-state index contributed by atoms with van der Waals surface area (Å²) in [6.07, 6.45) is 3.75. The van der Waals surface area contributed by atoms with Crippen LogP contribution >= 0.6 is 15.9 Å². The van der Waals surface area contributed by atoms with E-state index in [2.05, 4.69) is 15.9 Å². The van der Waals surface area contributed by atoms with Crippen LogP contribution in [-0.4, -0.2) is 24.4 Å². The summed E-state index contributed by atoms with van der Waals surface area (Å²) < 4.78 is 0.896. The topological polar surface area (TPSA) is 46.3 Å². The lowest BCUT2D eigenvalue weighted by atomic mass is 10.1. The smallest absolute Gasteiger partial charge is 0.255 e. The van der Waals surface area contributed by atoms with Crippen molar-refractivity contribution in [1.82, 2.24) is 4.90 Å². The SMILES string of the molecule is CN(CCC1CC1)C(=O)c1ccc(Br)cc1N. The maximum absolute atomic E-state index is 12.1. The van der Waals surface area contributed by atoms with Crippen LogP contribution in [0.3, 0.4) is 0 Å². The molecule has 1 aliphatic carbocycles. The van der Waals surface area contributed by atoms with Crippen LogP contribution in [0.2, 0.25) is 0 Å². The van der Waals surface area contributed by atoms with Crippen LogP contribution in [0, 0.1) is 5.92 Å². The van der Waals surface area contributed by atoms with Gasteiger partial charge in [-0.2, -0.15) is 0 Å². The van der Waals surface area contributed by atoms with Crippen molar-refractivity contribution in [2.75, 3.05) is 19.3 Å². The monoisotopic (exact) mass is 296 g/mol. The summed E-state index contributed by atoms with van der Waals surface area (Å²) in [6.45, 7) is 0.818. The molecule has 0 spiro atoms. The molecule has 0 aromatic heterocycles. The van der Waals surface area contributed by atoms with Crippen LogP contribution in [0.4, 0.5) is 5.69 Å². The van der Waals surface area contributed by atoms with Crippen molar-refractivity contribution >= 4 is 27.5 Å². The number of nitrogens with zero attached hydrogens (tertiary/aromatic N) is 1. The molecule has 2 N–H and O–H groups in total. The Hall–Kier alpha value is -1.03. The van der Waals surface area contributed by atoms with Crippen LogP contribution < -0.4 is 5.73 Å². The van der Waals surface area contributed by atoms with E-state index >= 15 is 0 Å². The van der Waals surface area contributed by atoms with Crippen molar-refractivity contribution in [2.24, 2.45) is 5.92 Å². The van der Waals surface area contributed by atoms with E-state index < -0.39 is 0 Å². The zero-order valence-electron chi connectivity index (χ0n) is 9.95. The number of amides is 1. The van der Waals surface area contributed by atoms with Gasteiger partial charge in [-0.25, -0.2) is 0 Å². The molecule has 0 saturated heterocycles. The standard InChI is InChI=1S/C13H17BrN2O/c1-16(7-6-9-2-3-9)13(17)11-5-4-10(14)8-12(11)15/h4-5,8-9H,2-3,6-7,15H2,1H3. The van der Waals surface area contributed by atoms with E-state index in [9.17, 15) is 4.79 Å². The van der Waals surface area contributed by atoms with Crippen LogP contribution in [0.25, 0.3) is 0 Å². The molecule has 4 heteroatoms. The second-order valence-electron chi connectivity index (χ2n) is 4.69. The lowest BCUT2D eigenvalue weighted by Crippen LogP contribution is -2.28. The van der Waals surface area contributed by atoms with Gasteiger partial charge in [-0.15, -0.1) is 0 Å². The summed E-state index contributed by atoms with van der Waals surface area (Å²) in [6, 6.07) is 5.38. The summed E-state index contributed by atoms with van der Waals surface area (Å²) in [4.78, 5) is 13.9. The quantitative estimate of drug-likeness (QED) is 0.869. The summed E-state index contributed by atoms with van der Waals surface area (Å²) in [7, 11) is 1.84. The third-order valence-electron chi connectivity index (χ3n) is 3.16. The number of rotatable bonds is 4. The maximum atomic E-state index is 12.1. The Balaban J connectivity index is 2.01. The molecular formula is C13H17BrN2O. The first-order valence-electron chi connectivity index (χ1n) is 5.88. The molecule has 1 fully saturated rings. The predicted molar refractivity (Wildman–Crippen MR) is 72.9 cm³/mol. The molecule has 0 bridgehead atoms. The molecule has 1 aromatic carbocycles. The molecule has 0 radical (unpaired) electrons. The number of carbonyl (C=O) groups excluding carboxylic acids is 1. The van der Waals surface area contributed by atoms with Gasteiger partial charge in [-0.3, -0.25) is 4.79 Å². The van der Waals surface area contributed by atoms with Gasteiger partial charge < -0.3 is 10.6 Å². The van der Waals surface area contributed by atoms with Gasteiger partial charge in [-0.05, 0) is 30.5 Å². The minimum absolute atomic E-state index is 0.00986. The molecule has 0 atom stereocenters. The Kier molecular flexibility index (Phi) is 3.72. The van der Waals surface area contributed by atoms with Crippen LogP contribution in [0.1, 0.15) is 29.6 Å². The van der Waals surface area contributed by atoms with Gasteiger partial charge in [0, 0.05) is 23.8 Å². The van der Waals surface area contributed by atoms with Crippen LogP contribution in [0.15, 0.2) is 22.7 Å². The molecule has 1 aromatic rings. The first kappa shape index (κ1) is 12.4. The molecule has 0 aliphatic heterocycles. The summed E-state index contributed by atoms with van der Waals surface area (Å²) in [5.41, 5.74) is 6.97. The number of anilines is 1. The molecule has 2 rings (SSSR count). The number of hydrogen-bond donors (Lipinski definition) is 1. The number of benzene rings is 1. The molecule has 92 valence electrons. The summed E-state index contributed by atoms with van der Waals surface area (Å²) >= 11 is 3.34. The van der Waals surface area contributed by atoms with E-state index in [0.29, 0.717) is 11.3 Å². The second-order valence-corrected chi connectivity index (χ2v) is 5.61. The fourth-order valence-electron chi connectivity index (χ4n) is 1.82. The van der Waals surface area contributed by atoms with Gasteiger partial charge in [0.1, 0.15) is 0 Å². The molecular weight excluding hydrogens is 280 g/mol. The molecule has 17 heavy (non-hydrogen) atoms. The highest BCUT2D eigenvalue weighted by Crippen LogP contribution is 2.32. The minimum Gasteiger partial charge on any atom is -0.398 e. The van der Waals surface area contributed by atoms with Gasteiger partial charge in [0.25, 0.3) is 5.91 Å². The number of hydrogen-bond acceptors (Lipinski definition) is 2. The molecule has 0 heterocycles. The van der Waals surface area contributed by atoms with Crippen molar-refractivity contribution < 1.29 is 4.79 Å². The molecule has 0 unspecified atom stereocenters. The Morgan fingerprint density at radius 1 is 1.53 bits per heavy atom. The van der Waals surface area contributed by atoms with Crippen molar-refractivity contribution in [3.8, 4) is 0 Å². The number of halogens is 1. The minimum atomic E-state index is 0.00986. The largest absolute Gasteiger partial charge is 0.398 e. The van der Waals surface area contributed by atoms with Gasteiger partial charge in [0.15, 0.2) is 0 Å². The third kappa shape index (κ3) is 3.22. The van der Waals surface area contributed by atoms with E-state index in [1.807, 2.05) is 13.1 Å². The highest BCUT2D eigenvalue weighted by Gasteiger charge is 2.23. The number of nitrogens with two attached hydrogens (primary N) is 1. The maximum Gasteiger partial charge on any atom is 0.255 e.